The van der Waals surface area contributed by atoms with Crippen molar-refractivity contribution in [3.63, 3.8) is 0 Å². The first-order valence-electron chi connectivity index (χ1n) is 12.9. The van der Waals surface area contributed by atoms with Gasteiger partial charge < -0.3 is 0 Å². The fraction of sp³-hybridized carbons (Fsp3) is 0.290. The summed E-state index contributed by atoms with van der Waals surface area (Å²) in [5.41, 5.74) is 3.54. The summed E-state index contributed by atoms with van der Waals surface area (Å²) >= 11 is 0. The molecule has 1 aliphatic heterocycles. The number of alkyl halides is 3. The van der Waals surface area contributed by atoms with E-state index in [9.17, 15) is 18.0 Å². The van der Waals surface area contributed by atoms with Crippen molar-refractivity contribution in [1.29, 1.82) is 0 Å². The lowest BCUT2D eigenvalue weighted by molar-refractivity contribution is -0.137. The summed E-state index contributed by atoms with van der Waals surface area (Å²) in [6.45, 7) is 4.98. The van der Waals surface area contributed by atoms with Gasteiger partial charge >= 0.3 is 6.18 Å². The molecule has 0 saturated heterocycles. The van der Waals surface area contributed by atoms with Gasteiger partial charge in [-0.3, -0.25) is 14.3 Å². The van der Waals surface area contributed by atoms with Crippen LogP contribution in [-0.2, 0) is 19.1 Å². The minimum atomic E-state index is -4.37. The Morgan fingerprint density at radius 1 is 0.868 bits per heavy atom. The highest BCUT2D eigenvalue weighted by Crippen LogP contribution is 2.34. The molecule has 0 N–H and O–H groups in total. The molecule has 0 amide bonds. The maximum Gasteiger partial charge on any atom is 0.416 e. The number of hydrogen-bond donors (Lipinski definition) is 0. The average molecular weight is 518 g/mol. The van der Waals surface area contributed by atoms with Crippen LogP contribution in [0.15, 0.2) is 89.7 Å². The minimum absolute atomic E-state index is 0.0721. The Hall–Kier alpha value is -3.71. The lowest BCUT2D eigenvalue weighted by Gasteiger charge is -2.35. The number of nitrogens with zero attached hydrogens (tertiary/aromatic N) is 3. The van der Waals surface area contributed by atoms with Gasteiger partial charge in [0.25, 0.3) is 5.56 Å². The number of halogens is 3. The Balaban J connectivity index is 1.54. The van der Waals surface area contributed by atoms with Crippen LogP contribution < -0.4 is 5.56 Å². The molecule has 0 radical (unpaired) electrons. The first kappa shape index (κ1) is 25.9. The highest BCUT2D eigenvalue weighted by Gasteiger charge is 2.32. The summed E-state index contributed by atoms with van der Waals surface area (Å²) in [6, 6.07) is 24.8. The molecule has 1 aliphatic rings. The van der Waals surface area contributed by atoms with E-state index in [0.29, 0.717) is 37.3 Å². The maximum absolute atomic E-state index is 14.1. The van der Waals surface area contributed by atoms with Crippen molar-refractivity contribution in [2.75, 3.05) is 6.54 Å². The lowest BCUT2D eigenvalue weighted by Crippen LogP contribution is -2.41. The van der Waals surface area contributed by atoms with Gasteiger partial charge in [0.2, 0.25) is 0 Å². The summed E-state index contributed by atoms with van der Waals surface area (Å²) in [6.07, 6.45) is -3.04. The van der Waals surface area contributed by atoms with Crippen LogP contribution in [0.5, 0.6) is 0 Å². The third-order valence-electron chi connectivity index (χ3n) is 7.41. The van der Waals surface area contributed by atoms with E-state index in [1.165, 1.54) is 0 Å². The lowest BCUT2D eigenvalue weighted by atomic mass is 9.96. The smallest absolute Gasteiger partial charge is 0.291 e. The summed E-state index contributed by atoms with van der Waals surface area (Å²) < 4.78 is 41.1. The standard InChI is InChI=1S/C31H30F3N3O/c1-3-28(22-14-16-25(17-15-22)31(32,33)34)36-19-18-27-26(20-36)30(38)37(21(2)35-27)29(23-10-6-4-7-11-23)24-12-8-5-9-13-24/h4-17,28-29H,3,18-20H2,1-2H3. The van der Waals surface area contributed by atoms with Crippen molar-refractivity contribution in [3.05, 3.63) is 135 Å². The molecule has 4 nitrogen and oxygen atoms in total. The van der Waals surface area contributed by atoms with Gasteiger partial charge in [-0.2, -0.15) is 13.2 Å². The zero-order chi connectivity index (χ0) is 26.9. The Labute approximate surface area is 220 Å². The van der Waals surface area contributed by atoms with Gasteiger partial charge in [0.15, 0.2) is 0 Å². The molecule has 0 bridgehead atoms. The van der Waals surface area contributed by atoms with Crippen LogP contribution in [0.1, 0.15) is 64.8 Å². The molecular weight excluding hydrogens is 487 g/mol. The Kier molecular flexibility index (Phi) is 7.21. The molecule has 38 heavy (non-hydrogen) atoms. The fourth-order valence-electron chi connectivity index (χ4n) is 5.56. The molecule has 1 unspecified atom stereocenters. The van der Waals surface area contributed by atoms with E-state index in [4.69, 9.17) is 4.98 Å². The van der Waals surface area contributed by atoms with Crippen LogP contribution in [0.25, 0.3) is 0 Å². The highest BCUT2D eigenvalue weighted by molar-refractivity contribution is 5.35. The summed E-state index contributed by atoms with van der Waals surface area (Å²) in [5.74, 6) is 0.662. The molecule has 2 heterocycles. The van der Waals surface area contributed by atoms with Gasteiger partial charge in [0.05, 0.1) is 22.9 Å². The molecule has 7 heteroatoms. The van der Waals surface area contributed by atoms with Crippen molar-refractivity contribution in [2.24, 2.45) is 0 Å². The van der Waals surface area contributed by atoms with E-state index in [1.807, 2.05) is 74.5 Å². The highest BCUT2D eigenvalue weighted by atomic mass is 19.4. The second-order valence-corrected chi connectivity index (χ2v) is 9.75. The predicted octanol–water partition coefficient (Wildman–Crippen LogP) is 6.72. The van der Waals surface area contributed by atoms with Crippen molar-refractivity contribution in [1.82, 2.24) is 14.5 Å². The molecule has 4 aromatic rings. The van der Waals surface area contributed by atoms with Crippen LogP contribution in [-0.4, -0.2) is 21.0 Å². The first-order chi connectivity index (χ1) is 18.3. The van der Waals surface area contributed by atoms with Gasteiger partial charge in [-0.15, -0.1) is 0 Å². The van der Waals surface area contributed by atoms with E-state index < -0.39 is 11.7 Å². The van der Waals surface area contributed by atoms with Crippen LogP contribution in [0, 0.1) is 6.92 Å². The van der Waals surface area contributed by atoms with Gasteiger partial charge in [0.1, 0.15) is 5.82 Å². The number of aryl methyl sites for hydroxylation is 1. The second kappa shape index (κ2) is 10.6. The molecule has 196 valence electrons. The maximum atomic E-state index is 14.1. The average Bonchev–Trinajstić information content (AvgIpc) is 2.92. The molecule has 1 aromatic heterocycles. The first-order valence-corrected chi connectivity index (χ1v) is 12.9. The number of hydrogen-bond acceptors (Lipinski definition) is 3. The Bertz CT molecular complexity index is 1410. The third kappa shape index (κ3) is 5.03. The zero-order valence-corrected chi connectivity index (χ0v) is 21.4. The third-order valence-corrected chi connectivity index (χ3v) is 7.41. The van der Waals surface area contributed by atoms with E-state index in [1.54, 1.807) is 16.7 Å². The topological polar surface area (TPSA) is 38.1 Å². The molecule has 3 aromatic carbocycles. The van der Waals surface area contributed by atoms with Gasteiger partial charge in [-0.05, 0) is 42.2 Å². The van der Waals surface area contributed by atoms with E-state index in [-0.39, 0.29) is 17.6 Å². The Morgan fingerprint density at radius 3 is 1.97 bits per heavy atom. The van der Waals surface area contributed by atoms with E-state index in [2.05, 4.69) is 4.90 Å². The van der Waals surface area contributed by atoms with Gasteiger partial charge in [-0.1, -0.05) is 79.7 Å². The quantitative estimate of drug-likeness (QED) is 0.285. The molecule has 0 aliphatic carbocycles. The van der Waals surface area contributed by atoms with Crippen LogP contribution in [0.3, 0.4) is 0 Å². The minimum Gasteiger partial charge on any atom is -0.291 e. The van der Waals surface area contributed by atoms with Crippen LogP contribution in [0.4, 0.5) is 13.2 Å². The molecule has 0 spiro atoms. The molecule has 0 fully saturated rings. The summed E-state index contributed by atoms with van der Waals surface area (Å²) in [4.78, 5) is 21.2. The number of benzene rings is 3. The largest absolute Gasteiger partial charge is 0.416 e. The van der Waals surface area contributed by atoms with Crippen LogP contribution in [0.2, 0.25) is 0 Å². The fourth-order valence-corrected chi connectivity index (χ4v) is 5.56. The van der Waals surface area contributed by atoms with Crippen molar-refractivity contribution < 1.29 is 13.2 Å². The molecule has 0 saturated carbocycles. The summed E-state index contributed by atoms with van der Waals surface area (Å²) in [7, 11) is 0. The molecule has 1 atom stereocenters. The van der Waals surface area contributed by atoms with Crippen molar-refractivity contribution in [2.45, 2.75) is 51.5 Å². The number of fused-ring (bicyclic) bond motifs is 1. The zero-order valence-electron chi connectivity index (χ0n) is 21.4. The normalized spacial score (nSPS) is 14.9. The number of aromatic nitrogens is 2. The number of rotatable bonds is 6. The summed E-state index contributed by atoms with van der Waals surface area (Å²) in [5, 5.41) is 0. The Morgan fingerprint density at radius 2 is 1.45 bits per heavy atom. The monoisotopic (exact) mass is 517 g/mol. The van der Waals surface area contributed by atoms with Crippen molar-refractivity contribution in [3.8, 4) is 0 Å². The van der Waals surface area contributed by atoms with E-state index >= 15 is 0 Å². The van der Waals surface area contributed by atoms with Gasteiger partial charge in [-0.25, -0.2) is 4.98 Å². The second-order valence-electron chi connectivity index (χ2n) is 9.75. The van der Waals surface area contributed by atoms with Gasteiger partial charge in [0, 0.05) is 25.6 Å². The SMILES string of the molecule is CCC(c1ccc(C(F)(F)F)cc1)N1CCc2nc(C)n(C(c3ccccc3)c3ccccc3)c(=O)c2C1. The molecular formula is C31H30F3N3O. The van der Waals surface area contributed by atoms with Crippen molar-refractivity contribution >= 4 is 0 Å². The predicted molar refractivity (Wildman–Crippen MR) is 142 cm³/mol. The molecule has 5 rings (SSSR count). The van der Waals surface area contributed by atoms with Crippen LogP contribution >= 0.6 is 0 Å². The van der Waals surface area contributed by atoms with E-state index in [0.717, 1.165) is 34.5 Å².